The third-order valence-corrected chi connectivity index (χ3v) is 7.49. The molecule has 2 aliphatic heterocycles. The van der Waals surface area contributed by atoms with Crippen LogP contribution in [0.25, 0.3) is 0 Å². The predicted octanol–water partition coefficient (Wildman–Crippen LogP) is 0.0737. The molecule has 214 valence electrons. The van der Waals surface area contributed by atoms with Crippen molar-refractivity contribution in [3.05, 3.63) is 0 Å². The Kier molecular flexibility index (Phi) is 8.79. The largest absolute Gasteiger partial charge is 0.433 e. The molecule has 15 heteroatoms. The van der Waals surface area contributed by atoms with Gasteiger partial charge in [-0.2, -0.15) is 13.2 Å². The smallest absolute Gasteiger partial charge is 0.405 e. The average Bonchev–Trinajstić information content (AvgIpc) is 3.41. The van der Waals surface area contributed by atoms with Crippen LogP contribution in [0.3, 0.4) is 0 Å². The highest BCUT2D eigenvalue weighted by atomic mass is 19.4. The molecule has 0 aromatic carbocycles. The van der Waals surface area contributed by atoms with E-state index in [1.165, 1.54) is 6.92 Å². The van der Waals surface area contributed by atoms with E-state index in [1.54, 1.807) is 6.92 Å². The van der Waals surface area contributed by atoms with Gasteiger partial charge in [0.2, 0.25) is 23.8 Å². The number of nitrogens with zero attached hydrogens (tertiary/aromatic N) is 1. The van der Waals surface area contributed by atoms with Crippen LogP contribution < -0.4 is 22.1 Å². The van der Waals surface area contributed by atoms with Gasteiger partial charge in [0.15, 0.2) is 0 Å². The van der Waals surface area contributed by atoms with E-state index in [4.69, 9.17) is 20.9 Å². The van der Waals surface area contributed by atoms with Crippen molar-refractivity contribution in [1.82, 2.24) is 15.5 Å². The van der Waals surface area contributed by atoms with E-state index in [-0.39, 0.29) is 12.3 Å². The number of carbonyl (C=O) groups is 5. The lowest BCUT2D eigenvalue weighted by Crippen LogP contribution is -2.56. The van der Waals surface area contributed by atoms with Crippen molar-refractivity contribution in [1.29, 1.82) is 0 Å². The molecule has 2 saturated heterocycles. The van der Waals surface area contributed by atoms with Crippen LogP contribution >= 0.6 is 0 Å². The van der Waals surface area contributed by atoms with E-state index in [0.29, 0.717) is 30.7 Å². The second-order valence-corrected chi connectivity index (χ2v) is 10.4. The summed E-state index contributed by atoms with van der Waals surface area (Å²) in [4.78, 5) is 62.8. The monoisotopic (exact) mass is 549 g/mol. The number of rotatable bonds is 10. The Morgan fingerprint density at radius 2 is 1.89 bits per heavy atom. The fourth-order valence-electron chi connectivity index (χ4n) is 5.17. The molecule has 38 heavy (non-hydrogen) atoms. The molecule has 0 bridgehead atoms. The first-order valence-electron chi connectivity index (χ1n) is 12.5. The number of likely N-dealkylation sites (tertiary alicyclic amines) is 1. The zero-order valence-electron chi connectivity index (χ0n) is 21.2. The Morgan fingerprint density at radius 1 is 1.24 bits per heavy atom. The van der Waals surface area contributed by atoms with Crippen LogP contribution in [0.5, 0.6) is 0 Å². The average molecular weight is 550 g/mol. The Balaban J connectivity index is 1.82. The van der Waals surface area contributed by atoms with Crippen LogP contribution in [0.4, 0.5) is 18.0 Å². The van der Waals surface area contributed by atoms with Crippen molar-refractivity contribution >= 4 is 29.7 Å². The number of primary amides is 2. The van der Waals surface area contributed by atoms with Crippen LogP contribution in [0, 0.1) is 11.8 Å². The minimum atomic E-state index is -4.74. The van der Waals surface area contributed by atoms with Crippen LogP contribution in [-0.2, 0) is 28.7 Å². The van der Waals surface area contributed by atoms with Crippen LogP contribution in [-0.4, -0.2) is 83.8 Å². The van der Waals surface area contributed by atoms with Crippen LogP contribution in [0.2, 0.25) is 0 Å². The van der Waals surface area contributed by atoms with Crippen LogP contribution in [0.1, 0.15) is 52.4 Å². The summed E-state index contributed by atoms with van der Waals surface area (Å²) in [5, 5.41) is 4.89. The van der Waals surface area contributed by atoms with Gasteiger partial charge in [-0.3, -0.25) is 19.2 Å². The molecule has 3 fully saturated rings. The molecule has 1 saturated carbocycles. The summed E-state index contributed by atoms with van der Waals surface area (Å²) in [6.45, 7) is 2.72. The molecule has 1 aliphatic carbocycles. The summed E-state index contributed by atoms with van der Waals surface area (Å²) in [7, 11) is 0. The van der Waals surface area contributed by atoms with E-state index in [9.17, 15) is 37.1 Å². The van der Waals surface area contributed by atoms with Crippen molar-refractivity contribution in [3.63, 3.8) is 0 Å². The molecular formula is C23H34F3N5O7. The summed E-state index contributed by atoms with van der Waals surface area (Å²) in [5.74, 6) is -6.12. The number of alkyl halides is 3. The molecule has 2 heterocycles. The van der Waals surface area contributed by atoms with E-state index in [1.807, 2.05) is 0 Å². The van der Waals surface area contributed by atoms with Crippen molar-refractivity contribution in [2.45, 2.75) is 88.4 Å². The summed E-state index contributed by atoms with van der Waals surface area (Å²) in [5.41, 5.74) is 9.91. The highest BCUT2D eigenvalue weighted by molar-refractivity contribution is 5.94. The number of amides is 5. The SMILES string of the molecule is C[C@@H](OC1(C)CCC1)[C@H](OC(N)=O)C(=O)N1C[C@H](C(F)(F)F)C[C@H]1C(=O)N[C@@H](C[C@@H]1CCNC1=O)C(N)=O. The lowest BCUT2D eigenvalue weighted by Gasteiger charge is -2.42. The summed E-state index contributed by atoms with van der Waals surface area (Å²) in [6.07, 6.45) is -7.17. The van der Waals surface area contributed by atoms with Gasteiger partial charge in [-0.05, 0) is 52.4 Å². The second-order valence-electron chi connectivity index (χ2n) is 10.4. The van der Waals surface area contributed by atoms with Gasteiger partial charge in [0, 0.05) is 19.0 Å². The summed E-state index contributed by atoms with van der Waals surface area (Å²) >= 11 is 0. The molecule has 0 radical (unpaired) electrons. The molecular weight excluding hydrogens is 515 g/mol. The highest BCUT2D eigenvalue weighted by Crippen LogP contribution is 2.39. The molecule has 5 amide bonds. The summed E-state index contributed by atoms with van der Waals surface area (Å²) < 4.78 is 51.8. The first-order chi connectivity index (χ1) is 17.6. The molecule has 3 rings (SSSR count). The fourth-order valence-corrected chi connectivity index (χ4v) is 5.17. The Morgan fingerprint density at radius 3 is 2.37 bits per heavy atom. The van der Waals surface area contributed by atoms with E-state index < -0.39 is 84.7 Å². The third-order valence-electron chi connectivity index (χ3n) is 7.49. The molecule has 12 nitrogen and oxygen atoms in total. The number of hydrogen-bond donors (Lipinski definition) is 4. The number of nitrogens with two attached hydrogens (primary N) is 2. The van der Waals surface area contributed by atoms with Crippen LogP contribution in [0.15, 0.2) is 0 Å². The van der Waals surface area contributed by atoms with Gasteiger partial charge in [-0.1, -0.05) is 0 Å². The molecule has 3 aliphatic rings. The number of carbonyl (C=O) groups excluding carboxylic acids is 5. The molecule has 0 aromatic rings. The number of nitrogens with one attached hydrogen (secondary N) is 2. The maximum Gasteiger partial charge on any atom is 0.405 e. The maximum absolute atomic E-state index is 13.7. The van der Waals surface area contributed by atoms with Gasteiger partial charge >= 0.3 is 12.3 Å². The first-order valence-corrected chi connectivity index (χ1v) is 12.5. The second kappa shape index (κ2) is 11.3. The number of hydrogen-bond acceptors (Lipinski definition) is 7. The standard InChI is InChI=1S/C23H34F3N5O7/c1-11(38-22(2)5-3-6-22)16(37-21(28)36)20(35)31-10-13(23(24,25)26)9-15(31)19(34)30-14(17(27)32)8-12-4-7-29-18(12)33/h11-16H,3-10H2,1-2H3,(H2,27,32)(H2,28,36)(H,29,33)(H,30,34)/t11-,12+,13-,14+,15+,16+/m1/s1. The third kappa shape index (κ3) is 6.85. The topological polar surface area (TPSA) is 183 Å². The molecule has 6 N–H and O–H groups in total. The first kappa shape index (κ1) is 29.5. The molecule has 0 spiro atoms. The molecule has 6 atom stereocenters. The maximum atomic E-state index is 13.7. The lowest BCUT2D eigenvalue weighted by atomic mass is 9.81. The van der Waals surface area contributed by atoms with Gasteiger partial charge in [0.1, 0.15) is 18.2 Å². The normalized spacial score (nSPS) is 27.0. The van der Waals surface area contributed by atoms with Gasteiger partial charge in [0.05, 0.1) is 11.5 Å². The van der Waals surface area contributed by atoms with Crippen molar-refractivity contribution in [2.24, 2.45) is 23.3 Å². The number of halogens is 3. The predicted molar refractivity (Wildman–Crippen MR) is 124 cm³/mol. The molecule has 0 aromatic heterocycles. The van der Waals surface area contributed by atoms with E-state index in [0.717, 1.165) is 6.42 Å². The lowest BCUT2D eigenvalue weighted by molar-refractivity contribution is -0.177. The van der Waals surface area contributed by atoms with Crippen molar-refractivity contribution < 1.29 is 46.6 Å². The Labute approximate surface area is 217 Å². The minimum absolute atomic E-state index is 0.146. The highest BCUT2D eigenvalue weighted by Gasteiger charge is 2.53. The van der Waals surface area contributed by atoms with Gasteiger partial charge in [-0.25, -0.2) is 4.79 Å². The van der Waals surface area contributed by atoms with E-state index >= 15 is 0 Å². The zero-order valence-corrected chi connectivity index (χ0v) is 21.2. The molecule has 0 unspecified atom stereocenters. The quantitative estimate of drug-likeness (QED) is 0.297. The van der Waals surface area contributed by atoms with Gasteiger partial charge in [0.25, 0.3) is 5.91 Å². The Hall–Kier alpha value is -3.10. The Bertz CT molecular complexity index is 958. The fraction of sp³-hybridized carbons (Fsp3) is 0.783. The summed E-state index contributed by atoms with van der Waals surface area (Å²) in [6, 6.07) is -3.00. The zero-order chi connectivity index (χ0) is 28.4. The van der Waals surface area contributed by atoms with E-state index in [2.05, 4.69) is 10.6 Å². The van der Waals surface area contributed by atoms with Gasteiger partial charge in [-0.15, -0.1) is 0 Å². The van der Waals surface area contributed by atoms with Crippen molar-refractivity contribution in [3.8, 4) is 0 Å². The van der Waals surface area contributed by atoms with Crippen molar-refractivity contribution in [2.75, 3.05) is 13.1 Å². The van der Waals surface area contributed by atoms with Gasteiger partial charge < -0.3 is 36.5 Å². The number of ether oxygens (including phenoxy) is 2. The minimum Gasteiger partial charge on any atom is -0.433 e.